The minimum absolute atomic E-state index is 0.0795. The summed E-state index contributed by atoms with van der Waals surface area (Å²) < 4.78 is 0. The van der Waals surface area contributed by atoms with E-state index in [9.17, 15) is 9.90 Å². The van der Waals surface area contributed by atoms with Gasteiger partial charge in [-0.25, -0.2) is 0 Å². The first-order valence-corrected chi connectivity index (χ1v) is 8.15. The molecule has 0 saturated carbocycles. The largest absolute Gasteiger partial charge is 0.507 e. The van der Waals surface area contributed by atoms with E-state index < -0.39 is 0 Å². The molecule has 4 aromatic rings. The van der Waals surface area contributed by atoms with Gasteiger partial charge in [0, 0.05) is 11.1 Å². The van der Waals surface area contributed by atoms with Crippen molar-refractivity contribution in [2.45, 2.75) is 0 Å². The van der Waals surface area contributed by atoms with E-state index in [2.05, 4.69) is 0 Å². The van der Waals surface area contributed by atoms with Gasteiger partial charge in [0.1, 0.15) is 5.75 Å². The van der Waals surface area contributed by atoms with Gasteiger partial charge in [0.2, 0.25) is 0 Å². The van der Waals surface area contributed by atoms with E-state index in [1.807, 2.05) is 72.8 Å². The summed E-state index contributed by atoms with van der Waals surface area (Å²) >= 11 is 0. The lowest BCUT2D eigenvalue weighted by molar-refractivity contribution is 0.104. The number of allylic oxidation sites excluding steroid dienone is 1. The number of ketones is 1. The van der Waals surface area contributed by atoms with Crippen LogP contribution in [0.4, 0.5) is 0 Å². The van der Waals surface area contributed by atoms with Crippen LogP contribution in [0.1, 0.15) is 15.9 Å². The molecule has 0 amide bonds. The normalized spacial score (nSPS) is 11.4. The Morgan fingerprint density at radius 1 is 0.720 bits per heavy atom. The average molecular weight is 324 g/mol. The van der Waals surface area contributed by atoms with Crippen LogP contribution in [0.2, 0.25) is 0 Å². The fourth-order valence-corrected chi connectivity index (χ4v) is 3.15. The van der Waals surface area contributed by atoms with E-state index in [1.165, 1.54) is 6.08 Å². The van der Waals surface area contributed by atoms with Crippen molar-refractivity contribution in [3.63, 3.8) is 0 Å². The van der Waals surface area contributed by atoms with E-state index in [4.69, 9.17) is 0 Å². The topological polar surface area (TPSA) is 37.3 Å². The quantitative estimate of drug-likeness (QED) is 0.394. The van der Waals surface area contributed by atoms with Gasteiger partial charge in [0.25, 0.3) is 0 Å². The zero-order chi connectivity index (χ0) is 17.2. The first-order valence-electron chi connectivity index (χ1n) is 8.15. The lowest BCUT2D eigenvalue weighted by Crippen LogP contribution is -1.95. The van der Waals surface area contributed by atoms with E-state index in [1.54, 1.807) is 12.1 Å². The van der Waals surface area contributed by atoms with E-state index in [0.29, 0.717) is 11.1 Å². The monoisotopic (exact) mass is 324 g/mol. The molecule has 4 aromatic carbocycles. The van der Waals surface area contributed by atoms with Crippen LogP contribution in [-0.2, 0) is 0 Å². The number of phenols is 1. The SMILES string of the molecule is O=C(/C=C\c1c(O)ccc2ccccc12)c1cccc2ccccc12. The minimum atomic E-state index is -0.0795. The third-order valence-electron chi connectivity index (χ3n) is 4.40. The zero-order valence-electron chi connectivity index (χ0n) is 13.5. The Hall–Kier alpha value is -3.39. The molecule has 0 saturated heterocycles. The highest BCUT2D eigenvalue weighted by Gasteiger charge is 2.08. The summed E-state index contributed by atoms with van der Waals surface area (Å²) in [4.78, 5) is 12.7. The van der Waals surface area contributed by atoms with E-state index in [-0.39, 0.29) is 11.5 Å². The summed E-state index contributed by atoms with van der Waals surface area (Å²) in [5, 5.41) is 14.1. The van der Waals surface area contributed by atoms with Crippen molar-refractivity contribution in [1.82, 2.24) is 0 Å². The molecule has 2 heteroatoms. The lowest BCUT2D eigenvalue weighted by Gasteiger charge is -2.06. The molecule has 25 heavy (non-hydrogen) atoms. The van der Waals surface area contributed by atoms with Gasteiger partial charge in [-0.3, -0.25) is 4.79 Å². The summed E-state index contributed by atoms with van der Waals surface area (Å²) in [5.74, 6) is 0.0878. The predicted octanol–water partition coefficient (Wildman–Crippen LogP) is 5.59. The molecule has 0 fully saturated rings. The Labute approximate surface area is 145 Å². The number of rotatable bonds is 3. The van der Waals surface area contributed by atoms with Crippen molar-refractivity contribution >= 4 is 33.4 Å². The van der Waals surface area contributed by atoms with Crippen LogP contribution in [0.25, 0.3) is 27.6 Å². The van der Waals surface area contributed by atoms with Crippen molar-refractivity contribution in [1.29, 1.82) is 0 Å². The lowest BCUT2D eigenvalue weighted by atomic mass is 9.99. The number of carbonyl (C=O) groups excluding carboxylic acids is 1. The second-order valence-electron chi connectivity index (χ2n) is 5.94. The second-order valence-corrected chi connectivity index (χ2v) is 5.94. The summed E-state index contributed by atoms with van der Waals surface area (Å²) in [5.41, 5.74) is 1.32. The predicted molar refractivity (Wildman–Crippen MR) is 103 cm³/mol. The van der Waals surface area contributed by atoms with Crippen LogP contribution < -0.4 is 0 Å². The fourth-order valence-electron chi connectivity index (χ4n) is 3.15. The Morgan fingerprint density at radius 3 is 2.16 bits per heavy atom. The highest BCUT2D eigenvalue weighted by Crippen LogP contribution is 2.28. The highest BCUT2D eigenvalue weighted by atomic mass is 16.3. The smallest absolute Gasteiger partial charge is 0.186 e. The molecule has 2 nitrogen and oxygen atoms in total. The number of benzene rings is 4. The summed E-state index contributed by atoms with van der Waals surface area (Å²) in [7, 11) is 0. The van der Waals surface area contributed by atoms with Gasteiger partial charge < -0.3 is 5.11 Å². The first kappa shape index (κ1) is 15.2. The number of hydrogen-bond donors (Lipinski definition) is 1. The molecule has 0 aliphatic rings. The second kappa shape index (κ2) is 6.25. The van der Waals surface area contributed by atoms with Crippen LogP contribution in [0, 0.1) is 0 Å². The Kier molecular flexibility index (Phi) is 3.79. The van der Waals surface area contributed by atoms with Crippen LogP contribution in [0.15, 0.2) is 84.9 Å². The average Bonchev–Trinajstić information content (AvgIpc) is 2.66. The standard InChI is InChI=1S/C23H16O2/c24-22-14-12-17-7-2-4-10-19(17)21(22)13-15-23(25)20-11-5-8-16-6-1-3-9-18(16)20/h1-15,24H/b15-13-. The molecule has 0 aliphatic heterocycles. The van der Waals surface area contributed by atoms with Gasteiger partial charge >= 0.3 is 0 Å². The van der Waals surface area contributed by atoms with Gasteiger partial charge in [-0.15, -0.1) is 0 Å². The number of hydrogen-bond acceptors (Lipinski definition) is 2. The van der Waals surface area contributed by atoms with Crippen molar-refractivity contribution in [3.05, 3.63) is 96.1 Å². The molecule has 0 atom stereocenters. The maximum absolute atomic E-state index is 12.7. The molecule has 0 radical (unpaired) electrons. The van der Waals surface area contributed by atoms with Gasteiger partial charge in [-0.05, 0) is 39.8 Å². The van der Waals surface area contributed by atoms with Crippen LogP contribution in [-0.4, -0.2) is 10.9 Å². The highest BCUT2D eigenvalue weighted by molar-refractivity contribution is 6.15. The number of aromatic hydroxyl groups is 1. The zero-order valence-corrected chi connectivity index (χ0v) is 13.5. The molecule has 0 aromatic heterocycles. The van der Waals surface area contributed by atoms with Gasteiger partial charge in [0.05, 0.1) is 0 Å². The van der Waals surface area contributed by atoms with Gasteiger partial charge in [-0.2, -0.15) is 0 Å². The molecule has 0 heterocycles. The summed E-state index contributed by atoms with van der Waals surface area (Å²) in [6, 6.07) is 24.9. The molecule has 0 aliphatic carbocycles. The maximum atomic E-state index is 12.7. The Balaban J connectivity index is 1.77. The molecular weight excluding hydrogens is 308 g/mol. The molecule has 1 N–H and O–H groups in total. The van der Waals surface area contributed by atoms with Crippen LogP contribution in [0.5, 0.6) is 5.75 Å². The fraction of sp³-hybridized carbons (Fsp3) is 0. The Bertz CT molecular complexity index is 1120. The van der Waals surface area contributed by atoms with Crippen LogP contribution in [0.3, 0.4) is 0 Å². The molecule has 4 rings (SSSR count). The van der Waals surface area contributed by atoms with Crippen molar-refractivity contribution < 1.29 is 9.90 Å². The first-order chi connectivity index (χ1) is 12.2. The number of carbonyl (C=O) groups is 1. The van der Waals surface area contributed by atoms with Crippen molar-refractivity contribution in [2.24, 2.45) is 0 Å². The maximum Gasteiger partial charge on any atom is 0.186 e. The van der Waals surface area contributed by atoms with Crippen molar-refractivity contribution in [2.75, 3.05) is 0 Å². The molecular formula is C23H16O2. The third kappa shape index (κ3) is 2.79. The van der Waals surface area contributed by atoms with Crippen LogP contribution >= 0.6 is 0 Å². The van der Waals surface area contributed by atoms with Crippen molar-refractivity contribution in [3.8, 4) is 5.75 Å². The molecule has 0 spiro atoms. The third-order valence-corrected chi connectivity index (χ3v) is 4.40. The van der Waals surface area contributed by atoms with Gasteiger partial charge in [-0.1, -0.05) is 72.8 Å². The summed E-state index contributed by atoms with van der Waals surface area (Å²) in [6.07, 6.45) is 3.23. The van der Waals surface area contributed by atoms with E-state index in [0.717, 1.165) is 21.5 Å². The molecule has 120 valence electrons. The molecule has 0 unspecified atom stereocenters. The van der Waals surface area contributed by atoms with Gasteiger partial charge in [0.15, 0.2) is 5.78 Å². The number of fused-ring (bicyclic) bond motifs is 2. The molecule has 0 bridgehead atoms. The number of phenolic OH excluding ortho intramolecular Hbond substituents is 1. The Morgan fingerprint density at radius 2 is 1.36 bits per heavy atom. The minimum Gasteiger partial charge on any atom is -0.507 e. The summed E-state index contributed by atoms with van der Waals surface area (Å²) in [6.45, 7) is 0. The van der Waals surface area contributed by atoms with E-state index >= 15 is 0 Å².